The number of fused-ring (bicyclic) bond motifs is 3. The smallest absolute Gasteiger partial charge is 0.227 e. The highest BCUT2D eigenvalue weighted by atomic mass is 35.5. The number of aromatic amines is 1. The number of hydrogen-bond acceptors (Lipinski definition) is 2. The Labute approximate surface area is 152 Å². The van der Waals surface area contributed by atoms with Crippen LogP contribution in [0, 0.1) is 5.92 Å². The molecule has 4 nitrogen and oxygen atoms in total. The first-order valence-corrected chi connectivity index (χ1v) is 8.90. The van der Waals surface area contributed by atoms with Crippen molar-refractivity contribution in [2.45, 2.75) is 32.7 Å². The lowest BCUT2D eigenvalue weighted by Gasteiger charge is -2.22. The summed E-state index contributed by atoms with van der Waals surface area (Å²) >= 11 is 6.10. The maximum atomic E-state index is 12.5. The first kappa shape index (κ1) is 17.8. The van der Waals surface area contributed by atoms with E-state index in [0.717, 1.165) is 27.4 Å². The molecule has 0 fully saturated rings. The molecule has 0 aliphatic rings. The van der Waals surface area contributed by atoms with Crippen LogP contribution >= 0.6 is 11.6 Å². The number of amides is 1. The van der Waals surface area contributed by atoms with Gasteiger partial charge in [0, 0.05) is 26.8 Å². The van der Waals surface area contributed by atoms with Crippen LogP contribution in [0.15, 0.2) is 36.4 Å². The average Bonchev–Trinajstić information content (AvgIpc) is 2.95. The maximum Gasteiger partial charge on any atom is 0.227 e. The highest BCUT2D eigenvalue weighted by Crippen LogP contribution is 2.30. The Kier molecular flexibility index (Phi) is 5.02. The molecule has 25 heavy (non-hydrogen) atoms. The van der Waals surface area contributed by atoms with Crippen molar-refractivity contribution in [3.05, 3.63) is 47.0 Å². The van der Waals surface area contributed by atoms with E-state index in [0.29, 0.717) is 5.02 Å². The third-order valence-electron chi connectivity index (χ3n) is 4.81. The molecule has 0 aliphatic heterocycles. The average molecular weight is 359 g/mol. The van der Waals surface area contributed by atoms with Crippen LogP contribution in [0.25, 0.3) is 21.8 Å². The minimum atomic E-state index is -0.299. The zero-order valence-electron chi connectivity index (χ0n) is 14.6. The Balaban J connectivity index is 1.90. The van der Waals surface area contributed by atoms with Gasteiger partial charge in [-0.05, 0) is 42.7 Å². The number of rotatable bonds is 5. The molecule has 132 valence electrons. The number of aliphatic hydroxyl groups excluding tert-OH is 1. The molecule has 3 aromatic rings. The van der Waals surface area contributed by atoms with Gasteiger partial charge < -0.3 is 15.4 Å². The standard InChI is InChI=1S/C20H23ClN2O2/c1-11(2)19(10-24)23-20(25)12(3)13-4-6-15-16-9-14(21)5-7-17(16)22-18(15)8-13/h4-9,11-12,19,22,24H,10H2,1-3H3,(H,23,25)/t12-,19-/m0/s1. The molecular weight excluding hydrogens is 336 g/mol. The van der Waals surface area contributed by atoms with Crippen LogP contribution in [0.1, 0.15) is 32.3 Å². The number of benzene rings is 2. The van der Waals surface area contributed by atoms with Crippen molar-refractivity contribution < 1.29 is 9.90 Å². The molecular formula is C20H23ClN2O2. The topological polar surface area (TPSA) is 65.1 Å². The van der Waals surface area contributed by atoms with Crippen molar-refractivity contribution in [1.82, 2.24) is 10.3 Å². The summed E-state index contributed by atoms with van der Waals surface area (Å²) in [5, 5.41) is 15.2. The fraction of sp³-hybridized carbons (Fsp3) is 0.350. The van der Waals surface area contributed by atoms with Crippen LogP contribution in [-0.4, -0.2) is 28.6 Å². The van der Waals surface area contributed by atoms with Crippen LogP contribution in [0.5, 0.6) is 0 Å². The molecule has 0 saturated carbocycles. The number of aromatic nitrogens is 1. The van der Waals surface area contributed by atoms with E-state index < -0.39 is 0 Å². The zero-order valence-corrected chi connectivity index (χ0v) is 15.4. The van der Waals surface area contributed by atoms with E-state index in [1.807, 2.05) is 57.2 Å². The van der Waals surface area contributed by atoms with E-state index in [4.69, 9.17) is 11.6 Å². The molecule has 0 unspecified atom stereocenters. The summed E-state index contributed by atoms with van der Waals surface area (Å²) in [7, 11) is 0. The van der Waals surface area contributed by atoms with E-state index >= 15 is 0 Å². The largest absolute Gasteiger partial charge is 0.394 e. The summed E-state index contributed by atoms with van der Waals surface area (Å²) in [6.45, 7) is 5.78. The number of nitrogens with one attached hydrogen (secondary N) is 2. The van der Waals surface area contributed by atoms with Gasteiger partial charge in [-0.2, -0.15) is 0 Å². The maximum absolute atomic E-state index is 12.5. The van der Waals surface area contributed by atoms with Gasteiger partial charge in [0.05, 0.1) is 18.6 Å². The number of aliphatic hydroxyl groups is 1. The van der Waals surface area contributed by atoms with Crippen LogP contribution in [0.4, 0.5) is 0 Å². The Hall–Kier alpha value is -2.04. The number of carbonyl (C=O) groups is 1. The highest BCUT2D eigenvalue weighted by Gasteiger charge is 2.21. The molecule has 1 amide bonds. The second-order valence-corrected chi connectivity index (χ2v) is 7.32. The normalized spacial score (nSPS) is 14.2. The Morgan fingerprint density at radius 1 is 1.12 bits per heavy atom. The SMILES string of the molecule is CC(C)[C@H](CO)NC(=O)[C@@H](C)c1ccc2c(c1)[nH]c1ccc(Cl)cc12. The van der Waals surface area contributed by atoms with Crippen molar-refractivity contribution in [2.24, 2.45) is 5.92 Å². The van der Waals surface area contributed by atoms with Crippen molar-refractivity contribution in [3.63, 3.8) is 0 Å². The van der Waals surface area contributed by atoms with Crippen LogP contribution < -0.4 is 5.32 Å². The molecule has 5 heteroatoms. The van der Waals surface area contributed by atoms with Crippen molar-refractivity contribution >= 4 is 39.3 Å². The lowest BCUT2D eigenvalue weighted by atomic mass is 9.97. The van der Waals surface area contributed by atoms with Crippen molar-refractivity contribution in [1.29, 1.82) is 0 Å². The van der Waals surface area contributed by atoms with E-state index in [9.17, 15) is 9.90 Å². The molecule has 0 saturated heterocycles. The second-order valence-electron chi connectivity index (χ2n) is 6.88. The molecule has 3 N–H and O–H groups in total. The van der Waals surface area contributed by atoms with Crippen molar-refractivity contribution in [2.75, 3.05) is 6.61 Å². The third-order valence-corrected chi connectivity index (χ3v) is 5.04. The van der Waals surface area contributed by atoms with Gasteiger partial charge in [-0.1, -0.05) is 37.6 Å². The summed E-state index contributed by atoms with van der Waals surface area (Å²) < 4.78 is 0. The molecule has 0 bridgehead atoms. The van der Waals surface area contributed by atoms with Crippen LogP contribution in [0.2, 0.25) is 5.02 Å². The lowest BCUT2D eigenvalue weighted by molar-refractivity contribution is -0.123. The molecule has 0 spiro atoms. The summed E-state index contributed by atoms with van der Waals surface area (Å²) in [5.74, 6) is -0.194. The molecule has 2 aromatic carbocycles. The van der Waals surface area contributed by atoms with Gasteiger partial charge in [0.1, 0.15) is 0 Å². The van der Waals surface area contributed by atoms with E-state index in [2.05, 4.69) is 10.3 Å². The van der Waals surface area contributed by atoms with Crippen LogP contribution in [-0.2, 0) is 4.79 Å². The quantitative estimate of drug-likeness (QED) is 0.639. The van der Waals surface area contributed by atoms with Crippen molar-refractivity contribution in [3.8, 4) is 0 Å². The molecule has 0 radical (unpaired) electrons. The fourth-order valence-corrected chi connectivity index (χ4v) is 3.22. The molecule has 2 atom stereocenters. The third kappa shape index (κ3) is 3.51. The summed E-state index contributed by atoms with van der Waals surface area (Å²) in [6.07, 6.45) is 0. The minimum absolute atomic E-state index is 0.0576. The van der Waals surface area contributed by atoms with E-state index in [-0.39, 0.29) is 30.4 Å². The van der Waals surface area contributed by atoms with E-state index in [1.165, 1.54) is 0 Å². The summed E-state index contributed by atoms with van der Waals surface area (Å²) in [4.78, 5) is 15.9. The molecule has 0 aliphatic carbocycles. The van der Waals surface area contributed by atoms with Gasteiger partial charge in [-0.3, -0.25) is 4.79 Å². The second kappa shape index (κ2) is 7.06. The predicted molar refractivity (Wildman–Crippen MR) is 103 cm³/mol. The van der Waals surface area contributed by atoms with Gasteiger partial charge in [0.2, 0.25) is 5.91 Å². The zero-order chi connectivity index (χ0) is 18.1. The Morgan fingerprint density at radius 3 is 2.56 bits per heavy atom. The first-order valence-electron chi connectivity index (χ1n) is 8.53. The van der Waals surface area contributed by atoms with Gasteiger partial charge in [-0.25, -0.2) is 0 Å². The Bertz CT molecular complexity index is 917. The molecule has 3 rings (SSSR count). The highest BCUT2D eigenvalue weighted by molar-refractivity contribution is 6.31. The fourth-order valence-electron chi connectivity index (χ4n) is 3.05. The van der Waals surface area contributed by atoms with Crippen LogP contribution in [0.3, 0.4) is 0 Å². The summed E-state index contributed by atoms with van der Waals surface area (Å²) in [6, 6.07) is 11.5. The van der Waals surface area contributed by atoms with Gasteiger partial charge >= 0.3 is 0 Å². The van der Waals surface area contributed by atoms with Gasteiger partial charge in [0.15, 0.2) is 0 Å². The Morgan fingerprint density at radius 2 is 1.88 bits per heavy atom. The molecule has 1 heterocycles. The predicted octanol–water partition coefficient (Wildman–Crippen LogP) is 4.21. The summed E-state index contributed by atoms with van der Waals surface area (Å²) in [5.41, 5.74) is 2.94. The minimum Gasteiger partial charge on any atom is -0.394 e. The number of carbonyl (C=O) groups excluding carboxylic acids is 1. The first-order chi connectivity index (χ1) is 11.9. The van der Waals surface area contributed by atoms with E-state index in [1.54, 1.807) is 0 Å². The molecule has 1 aromatic heterocycles. The number of H-pyrrole nitrogens is 1. The van der Waals surface area contributed by atoms with Gasteiger partial charge in [-0.15, -0.1) is 0 Å². The number of halogens is 1. The van der Waals surface area contributed by atoms with Gasteiger partial charge in [0.25, 0.3) is 0 Å². The number of hydrogen-bond donors (Lipinski definition) is 3. The monoisotopic (exact) mass is 358 g/mol. The lowest BCUT2D eigenvalue weighted by Crippen LogP contribution is -2.42.